The van der Waals surface area contributed by atoms with Gasteiger partial charge in [0.1, 0.15) is 17.2 Å². The highest BCUT2D eigenvalue weighted by molar-refractivity contribution is 6.32. The van der Waals surface area contributed by atoms with Gasteiger partial charge in [0.25, 0.3) is 5.91 Å². The normalized spacial score (nSPS) is 14.1. The van der Waals surface area contributed by atoms with Gasteiger partial charge in [-0.2, -0.15) is 0 Å². The second-order valence-corrected chi connectivity index (χ2v) is 6.60. The van der Waals surface area contributed by atoms with Crippen LogP contribution in [0.3, 0.4) is 0 Å². The van der Waals surface area contributed by atoms with Gasteiger partial charge < -0.3 is 20.1 Å². The average molecular weight is 376 g/mol. The van der Waals surface area contributed by atoms with Crippen LogP contribution < -0.4 is 20.1 Å². The van der Waals surface area contributed by atoms with E-state index in [0.717, 1.165) is 18.5 Å². The molecule has 2 N–H and O–H groups in total. The first kappa shape index (κ1) is 18.3. The SMILES string of the molecule is COc1cc(NC(=O)c2cc(NC3CCCC3)ccn2)c(OC)cc1Cl. The minimum absolute atomic E-state index is 0.323. The van der Waals surface area contributed by atoms with E-state index in [4.69, 9.17) is 21.1 Å². The molecule has 1 aliphatic rings. The number of benzene rings is 1. The van der Waals surface area contributed by atoms with Gasteiger partial charge in [0, 0.05) is 30.1 Å². The first-order valence-electron chi connectivity index (χ1n) is 8.56. The summed E-state index contributed by atoms with van der Waals surface area (Å²) < 4.78 is 10.5. The molecule has 6 nitrogen and oxygen atoms in total. The highest BCUT2D eigenvalue weighted by Gasteiger charge is 2.17. The lowest BCUT2D eigenvalue weighted by molar-refractivity contribution is 0.102. The lowest BCUT2D eigenvalue weighted by Gasteiger charge is -2.15. The number of anilines is 2. The average Bonchev–Trinajstić information content (AvgIpc) is 3.16. The Morgan fingerprint density at radius 2 is 1.88 bits per heavy atom. The van der Waals surface area contributed by atoms with Crippen molar-refractivity contribution in [2.75, 3.05) is 24.9 Å². The highest BCUT2D eigenvalue weighted by Crippen LogP contribution is 2.36. The summed E-state index contributed by atoms with van der Waals surface area (Å²) in [5.74, 6) is 0.569. The van der Waals surface area contributed by atoms with Crippen molar-refractivity contribution in [2.24, 2.45) is 0 Å². The number of nitrogens with one attached hydrogen (secondary N) is 2. The molecule has 26 heavy (non-hydrogen) atoms. The fourth-order valence-electron chi connectivity index (χ4n) is 3.09. The van der Waals surface area contributed by atoms with Crippen LogP contribution in [0.2, 0.25) is 5.02 Å². The molecule has 1 amide bonds. The maximum Gasteiger partial charge on any atom is 0.274 e. The number of ether oxygens (including phenoxy) is 2. The molecule has 1 heterocycles. The zero-order valence-electron chi connectivity index (χ0n) is 14.8. The summed E-state index contributed by atoms with van der Waals surface area (Å²) in [6.45, 7) is 0. The van der Waals surface area contributed by atoms with E-state index in [9.17, 15) is 4.79 Å². The maximum absolute atomic E-state index is 12.6. The molecule has 0 bridgehead atoms. The number of hydrogen-bond acceptors (Lipinski definition) is 5. The maximum atomic E-state index is 12.6. The van der Waals surface area contributed by atoms with Crippen LogP contribution in [0.1, 0.15) is 36.2 Å². The smallest absolute Gasteiger partial charge is 0.274 e. The summed E-state index contributed by atoms with van der Waals surface area (Å²) in [5.41, 5.74) is 1.69. The van der Waals surface area contributed by atoms with E-state index in [1.165, 1.54) is 27.1 Å². The van der Waals surface area contributed by atoms with Crippen molar-refractivity contribution in [3.63, 3.8) is 0 Å². The number of nitrogens with zero attached hydrogens (tertiary/aromatic N) is 1. The van der Waals surface area contributed by atoms with Gasteiger partial charge in [0.05, 0.1) is 24.9 Å². The molecule has 3 rings (SSSR count). The number of rotatable bonds is 6. The van der Waals surface area contributed by atoms with E-state index in [1.807, 2.05) is 6.07 Å². The molecule has 0 aliphatic heterocycles. The number of carbonyl (C=O) groups excluding carboxylic acids is 1. The van der Waals surface area contributed by atoms with Gasteiger partial charge in [0.15, 0.2) is 0 Å². The van der Waals surface area contributed by atoms with E-state index >= 15 is 0 Å². The standard InChI is InChI=1S/C19H22ClN3O3/c1-25-17-11-15(18(26-2)10-14(17)20)23-19(24)16-9-13(7-8-21-16)22-12-5-3-4-6-12/h7-12H,3-6H2,1-2H3,(H,21,22)(H,23,24). The zero-order chi connectivity index (χ0) is 18.5. The molecule has 138 valence electrons. The lowest BCUT2D eigenvalue weighted by atomic mass is 10.2. The zero-order valence-corrected chi connectivity index (χ0v) is 15.6. The molecule has 1 aromatic carbocycles. The topological polar surface area (TPSA) is 72.5 Å². The molecule has 0 unspecified atom stereocenters. The fraction of sp³-hybridized carbons (Fsp3) is 0.368. The summed E-state index contributed by atoms with van der Waals surface area (Å²) in [4.78, 5) is 16.8. The first-order valence-corrected chi connectivity index (χ1v) is 8.94. The molecule has 0 atom stereocenters. The number of amides is 1. The molecule has 1 fully saturated rings. The van der Waals surface area contributed by atoms with Crippen molar-refractivity contribution in [2.45, 2.75) is 31.7 Å². The molecular weight excluding hydrogens is 354 g/mol. The Labute approximate surface area is 157 Å². The minimum Gasteiger partial charge on any atom is -0.495 e. The summed E-state index contributed by atoms with van der Waals surface area (Å²) >= 11 is 6.10. The Bertz CT molecular complexity index is 792. The second-order valence-electron chi connectivity index (χ2n) is 6.20. The Hall–Kier alpha value is -2.47. The monoisotopic (exact) mass is 375 g/mol. The minimum atomic E-state index is -0.331. The molecule has 7 heteroatoms. The Morgan fingerprint density at radius 3 is 2.58 bits per heavy atom. The van der Waals surface area contributed by atoms with Gasteiger partial charge in [-0.05, 0) is 25.0 Å². The van der Waals surface area contributed by atoms with Gasteiger partial charge in [-0.3, -0.25) is 9.78 Å². The van der Waals surface area contributed by atoms with Gasteiger partial charge in [-0.25, -0.2) is 0 Å². The van der Waals surface area contributed by atoms with E-state index < -0.39 is 0 Å². The third-order valence-corrected chi connectivity index (χ3v) is 4.74. The van der Waals surface area contributed by atoms with Crippen molar-refractivity contribution < 1.29 is 14.3 Å². The third-order valence-electron chi connectivity index (χ3n) is 4.44. The fourth-order valence-corrected chi connectivity index (χ4v) is 3.33. The quantitative estimate of drug-likeness (QED) is 0.784. The van der Waals surface area contributed by atoms with Crippen molar-refractivity contribution in [3.05, 3.63) is 41.2 Å². The van der Waals surface area contributed by atoms with Crippen LogP contribution >= 0.6 is 11.6 Å². The van der Waals surface area contributed by atoms with Crippen LogP contribution in [-0.4, -0.2) is 31.2 Å². The highest BCUT2D eigenvalue weighted by atomic mass is 35.5. The molecule has 0 spiro atoms. The van der Waals surface area contributed by atoms with E-state index in [0.29, 0.717) is 33.9 Å². The van der Waals surface area contributed by atoms with E-state index in [1.54, 1.807) is 24.4 Å². The summed E-state index contributed by atoms with van der Waals surface area (Å²) in [6.07, 6.45) is 6.44. The first-order chi connectivity index (χ1) is 12.6. The predicted molar refractivity (Wildman–Crippen MR) is 103 cm³/mol. The Kier molecular flexibility index (Phi) is 5.83. The number of aromatic nitrogens is 1. The van der Waals surface area contributed by atoms with Gasteiger partial charge in [-0.1, -0.05) is 24.4 Å². The number of carbonyl (C=O) groups is 1. The molecular formula is C19H22ClN3O3. The number of methoxy groups -OCH3 is 2. The molecule has 0 saturated heterocycles. The largest absolute Gasteiger partial charge is 0.495 e. The number of pyridine rings is 1. The molecule has 1 aliphatic carbocycles. The second kappa shape index (κ2) is 8.27. The summed E-state index contributed by atoms with van der Waals surface area (Å²) in [7, 11) is 3.02. The van der Waals surface area contributed by atoms with E-state index in [2.05, 4.69) is 15.6 Å². The van der Waals surface area contributed by atoms with Crippen LogP contribution in [0.5, 0.6) is 11.5 Å². The Balaban J connectivity index is 1.77. The lowest BCUT2D eigenvalue weighted by Crippen LogP contribution is -2.17. The molecule has 1 saturated carbocycles. The van der Waals surface area contributed by atoms with Crippen molar-refractivity contribution >= 4 is 28.9 Å². The molecule has 2 aromatic rings. The Morgan fingerprint density at radius 1 is 1.15 bits per heavy atom. The third kappa shape index (κ3) is 4.19. The van der Waals surface area contributed by atoms with Crippen molar-refractivity contribution in [1.82, 2.24) is 4.98 Å². The van der Waals surface area contributed by atoms with E-state index in [-0.39, 0.29) is 5.91 Å². The summed E-state index contributed by atoms with van der Waals surface area (Å²) in [5, 5.41) is 6.68. The van der Waals surface area contributed by atoms with Crippen molar-refractivity contribution in [1.29, 1.82) is 0 Å². The van der Waals surface area contributed by atoms with Crippen LogP contribution in [0.15, 0.2) is 30.5 Å². The summed E-state index contributed by atoms with van der Waals surface area (Å²) in [6, 6.07) is 7.32. The van der Waals surface area contributed by atoms with Gasteiger partial charge in [-0.15, -0.1) is 0 Å². The number of hydrogen-bond donors (Lipinski definition) is 2. The van der Waals surface area contributed by atoms with Gasteiger partial charge >= 0.3 is 0 Å². The molecule has 0 radical (unpaired) electrons. The van der Waals surface area contributed by atoms with Crippen LogP contribution in [0.25, 0.3) is 0 Å². The van der Waals surface area contributed by atoms with Crippen LogP contribution in [0.4, 0.5) is 11.4 Å². The van der Waals surface area contributed by atoms with Crippen LogP contribution in [-0.2, 0) is 0 Å². The van der Waals surface area contributed by atoms with Crippen molar-refractivity contribution in [3.8, 4) is 11.5 Å². The predicted octanol–water partition coefficient (Wildman–Crippen LogP) is 4.36. The number of halogens is 1. The molecule has 1 aromatic heterocycles. The van der Waals surface area contributed by atoms with Gasteiger partial charge in [0.2, 0.25) is 0 Å². The van der Waals surface area contributed by atoms with Crippen LogP contribution in [0, 0.1) is 0 Å².